The first kappa shape index (κ1) is 26.0. The van der Waals surface area contributed by atoms with Gasteiger partial charge in [0.05, 0.1) is 24.6 Å². The van der Waals surface area contributed by atoms with Gasteiger partial charge in [0.2, 0.25) is 6.17 Å². The summed E-state index contributed by atoms with van der Waals surface area (Å²) in [5.41, 5.74) is 5.37. The van der Waals surface area contributed by atoms with Crippen LogP contribution in [0.25, 0.3) is 0 Å². The van der Waals surface area contributed by atoms with Crippen molar-refractivity contribution in [1.29, 1.82) is 5.41 Å². The van der Waals surface area contributed by atoms with Crippen molar-refractivity contribution >= 4 is 57.8 Å². The van der Waals surface area contributed by atoms with Crippen LogP contribution in [0.4, 0.5) is 17.1 Å². The van der Waals surface area contributed by atoms with Gasteiger partial charge in [0.1, 0.15) is 0 Å². The molecule has 0 spiro atoms. The lowest BCUT2D eigenvalue weighted by molar-refractivity contribution is -0.119. The Balaban J connectivity index is 1.42. The molecule has 3 aromatic rings. The SMILES string of the molecule is Cc1cc(N2CCOCC2)ccc1NC(=N)NC1N=C(c2ccccc2Cl)c2cc(Cl)ccc2N(C)C1=O. The highest BCUT2D eigenvalue weighted by Gasteiger charge is 2.31. The molecule has 1 amide bonds. The van der Waals surface area contributed by atoms with Gasteiger partial charge in [-0.2, -0.15) is 0 Å². The van der Waals surface area contributed by atoms with Crippen LogP contribution in [-0.2, 0) is 9.53 Å². The second-order valence-corrected chi connectivity index (χ2v) is 10.0. The number of carbonyl (C=O) groups excluding carboxylic acids is 1. The van der Waals surface area contributed by atoms with Crippen molar-refractivity contribution in [3.63, 3.8) is 0 Å². The number of amides is 1. The first-order valence-electron chi connectivity index (χ1n) is 12.3. The predicted octanol–water partition coefficient (Wildman–Crippen LogP) is 4.91. The molecule has 0 saturated carbocycles. The number of guanidine groups is 1. The van der Waals surface area contributed by atoms with E-state index in [2.05, 4.69) is 21.6 Å². The molecule has 3 N–H and O–H groups in total. The van der Waals surface area contributed by atoms with E-state index in [1.54, 1.807) is 31.3 Å². The van der Waals surface area contributed by atoms with Crippen molar-refractivity contribution in [2.24, 2.45) is 4.99 Å². The lowest BCUT2D eigenvalue weighted by Crippen LogP contribution is -2.47. The number of nitrogens with one attached hydrogen (secondary N) is 3. The van der Waals surface area contributed by atoms with Crippen molar-refractivity contribution in [2.45, 2.75) is 13.1 Å². The minimum atomic E-state index is -1.06. The van der Waals surface area contributed by atoms with Crippen LogP contribution in [0.1, 0.15) is 16.7 Å². The van der Waals surface area contributed by atoms with E-state index in [4.69, 9.17) is 38.3 Å². The Hall–Kier alpha value is -3.59. The number of hydrogen-bond acceptors (Lipinski definition) is 5. The molecule has 2 aliphatic heterocycles. The van der Waals surface area contributed by atoms with Crippen molar-refractivity contribution in [1.82, 2.24) is 5.32 Å². The van der Waals surface area contributed by atoms with Crippen LogP contribution in [0, 0.1) is 12.3 Å². The Bertz CT molecular complexity index is 1420. The third kappa shape index (κ3) is 5.34. The maximum Gasteiger partial charge on any atom is 0.272 e. The molecule has 1 fully saturated rings. The van der Waals surface area contributed by atoms with Crippen LogP contribution in [0.2, 0.25) is 10.0 Å². The number of aryl methyl sites for hydroxylation is 1. The number of fused-ring (bicyclic) bond motifs is 1. The maximum absolute atomic E-state index is 13.5. The Morgan fingerprint density at radius 1 is 1.05 bits per heavy atom. The van der Waals surface area contributed by atoms with Crippen molar-refractivity contribution in [2.75, 3.05) is 48.5 Å². The summed E-state index contributed by atoms with van der Waals surface area (Å²) in [6.07, 6.45) is -1.06. The summed E-state index contributed by atoms with van der Waals surface area (Å²) in [5.74, 6) is -0.369. The van der Waals surface area contributed by atoms with Crippen LogP contribution >= 0.6 is 23.2 Å². The third-order valence-electron chi connectivity index (χ3n) is 6.65. The number of aliphatic imine (C=N–C) groups is 1. The van der Waals surface area contributed by atoms with Gasteiger partial charge in [-0.1, -0.05) is 41.4 Å². The first-order chi connectivity index (χ1) is 18.3. The van der Waals surface area contributed by atoms with Gasteiger partial charge in [-0.05, 0) is 55.0 Å². The summed E-state index contributed by atoms with van der Waals surface area (Å²) >= 11 is 12.9. The molecule has 8 nitrogen and oxygen atoms in total. The number of benzodiazepines with no additional fused rings is 1. The Labute approximate surface area is 231 Å². The summed E-state index contributed by atoms with van der Waals surface area (Å²) in [5, 5.41) is 15.7. The maximum atomic E-state index is 13.5. The number of anilines is 3. The minimum Gasteiger partial charge on any atom is -0.378 e. The van der Waals surface area contributed by atoms with Gasteiger partial charge in [0, 0.05) is 52.7 Å². The molecule has 0 radical (unpaired) electrons. The highest BCUT2D eigenvalue weighted by Crippen LogP contribution is 2.32. The molecular weight excluding hydrogens is 523 g/mol. The predicted molar refractivity (Wildman–Crippen MR) is 154 cm³/mol. The van der Waals surface area contributed by atoms with Gasteiger partial charge in [-0.25, -0.2) is 4.99 Å². The number of carbonyl (C=O) groups is 1. The van der Waals surface area contributed by atoms with E-state index in [1.165, 1.54) is 4.90 Å². The summed E-state index contributed by atoms with van der Waals surface area (Å²) in [7, 11) is 1.68. The zero-order chi connectivity index (χ0) is 26.8. The molecule has 0 aromatic heterocycles. The number of halogens is 2. The van der Waals surface area contributed by atoms with E-state index >= 15 is 0 Å². The average molecular weight is 551 g/mol. The number of ether oxygens (including phenoxy) is 1. The Morgan fingerprint density at radius 3 is 2.55 bits per heavy atom. The van der Waals surface area contributed by atoms with Crippen molar-refractivity contribution < 1.29 is 9.53 Å². The fraction of sp³-hybridized carbons (Fsp3) is 0.250. The lowest BCUT2D eigenvalue weighted by Gasteiger charge is -2.29. The van der Waals surface area contributed by atoms with Crippen molar-refractivity contribution in [3.8, 4) is 0 Å². The molecular formula is C28H28Cl2N6O2. The smallest absolute Gasteiger partial charge is 0.272 e. The normalized spacial score (nSPS) is 17.4. The fourth-order valence-electron chi connectivity index (χ4n) is 4.62. The first-order valence-corrected chi connectivity index (χ1v) is 13.0. The molecule has 1 unspecified atom stereocenters. The summed E-state index contributed by atoms with van der Waals surface area (Å²) in [6, 6.07) is 18.6. The summed E-state index contributed by atoms with van der Waals surface area (Å²) in [6.45, 7) is 5.10. The van der Waals surface area contributed by atoms with Crippen LogP contribution in [0.5, 0.6) is 0 Å². The van der Waals surface area contributed by atoms with E-state index in [0.29, 0.717) is 45.8 Å². The standard InChI is InChI=1S/C28H28Cl2N6O2/c1-17-15-19(36-11-13-38-14-12-36)8-9-23(17)32-28(31)34-26-27(37)35(2)24-10-7-18(29)16-21(24)25(33-26)20-5-3-4-6-22(20)30/h3-10,15-16,26H,11-14H2,1-2H3,(H3,31,32,34). The second-order valence-electron chi connectivity index (χ2n) is 9.16. The molecule has 2 heterocycles. The molecule has 0 aliphatic carbocycles. The van der Waals surface area contributed by atoms with E-state index in [9.17, 15) is 4.79 Å². The van der Waals surface area contributed by atoms with Gasteiger partial charge in [-0.3, -0.25) is 10.2 Å². The molecule has 3 aromatic carbocycles. The fourth-order valence-corrected chi connectivity index (χ4v) is 5.02. The van der Waals surface area contributed by atoms with Gasteiger partial charge in [0.15, 0.2) is 5.96 Å². The van der Waals surface area contributed by atoms with Gasteiger partial charge < -0.3 is 25.2 Å². The minimum absolute atomic E-state index is 0.0507. The molecule has 10 heteroatoms. The highest BCUT2D eigenvalue weighted by molar-refractivity contribution is 6.37. The number of nitrogens with zero attached hydrogens (tertiary/aromatic N) is 3. The number of benzene rings is 3. The van der Waals surface area contributed by atoms with Crippen LogP contribution in [-0.4, -0.2) is 57.1 Å². The lowest BCUT2D eigenvalue weighted by atomic mass is 10.00. The summed E-state index contributed by atoms with van der Waals surface area (Å²) in [4.78, 5) is 22.0. The number of hydrogen-bond donors (Lipinski definition) is 3. The molecule has 1 saturated heterocycles. The van der Waals surface area contributed by atoms with E-state index in [1.807, 2.05) is 37.3 Å². The van der Waals surface area contributed by atoms with Gasteiger partial charge >= 0.3 is 0 Å². The average Bonchev–Trinajstić information content (AvgIpc) is 3.01. The Kier molecular flexibility index (Phi) is 7.56. The third-order valence-corrected chi connectivity index (χ3v) is 7.22. The van der Waals surface area contributed by atoms with Crippen molar-refractivity contribution in [3.05, 3.63) is 87.4 Å². The molecule has 38 heavy (non-hydrogen) atoms. The van der Waals surface area contributed by atoms with Gasteiger partial charge in [0.25, 0.3) is 5.91 Å². The number of rotatable bonds is 4. The molecule has 196 valence electrons. The second kappa shape index (κ2) is 11.0. The van der Waals surface area contributed by atoms with Crippen LogP contribution < -0.4 is 20.4 Å². The van der Waals surface area contributed by atoms with E-state index < -0.39 is 6.17 Å². The number of likely N-dealkylation sites (N-methyl/N-ethyl adjacent to an activating group) is 1. The quantitative estimate of drug-likeness (QED) is 0.317. The monoisotopic (exact) mass is 550 g/mol. The largest absolute Gasteiger partial charge is 0.378 e. The topological polar surface area (TPSA) is 93.1 Å². The number of morpholine rings is 1. The molecule has 5 rings (SSSR count). The van der Waals surface area contributed by atoms with E-state index in [-0.39, 0.29) is 11.9 Å². The zero-order valence-corrected chi connectivity index (χ0v) is 22.6. The highest BCUT2D eigenvalue weighted by atomic mass is 35.5. The van der Waals surface area contributed by atoms with Gasteiger partial charge in [-0.15, -0.1) is 0 Å². The summed E-state index contributed by atoms with van der Waals surface area (Å²) < 4.78 is 5.45. The Morgan fingerprint density at radius 2 is 1.82 bits per heavy atom. The molecule has 1 atom stereocenters. The zero-order valence-electron chi connectivity index (χ0n) is 21.1. The molecule has 2 aliphatic rings. The molecule has 0 bridgehead atoms. The van der Waals surface area contributed by atoms with Crippen LogP contribution in [0.15, 0.2) is 65.7 Å². The van der Waals surface area contributed by atoms with E-state index in [0.717, 1.165) is 30.0 Å². The van der Waals surface area contributed by atoms with Crippen LogP contribution in [0.3, 0.4) is 0 Å².